The van der Waals surface area contributed by atoms with E-state index < -0.39 is 0 Å². The van der Waals surface area contributed by atoms with Gasteiger partial charge in [0.2, 0.25) is 11.7 Å². The van der Waals surface area contributed by atoms with Crippen LogP contribution in [0.25, 0.3) is 33.2 Å². The average molecular weight is 448 g/mol. The van der Waals surface area contributed by atoms with Crippen LogP contribution in [-0.4, -0.2) is 29.7 Å². The SMILES string of the molecule is Cc1ccc(-c2noc(Cn3cc(Cn4c5ccccc5c(=O)c5ccccc54)nn3)n2)cc1. The number of fused-ring (bicyclic) bond motifs is 2. The average Bonchev–Trinajstić information content (AvgIpc) is 3.52. The molecule has 0 N–H and O–H groups in total. The fourth-order valence-electron chi connectivity index (χ4n) is 4.18. The third-order valence-electron chi connectivity index (χ3n) is 5.86. The fourth-order valence-corrected chi connectivity index (χ4v) is 4.18. The van der Waals surface area contributed by atoms with Gasteiger partial charge in [-0.25, -0.2) is 4.68 Å². The van der Waals surface area contributed by atoms with Gasteiger partial charge in [-0.2, -0.15) is 4.98 Å². The molecule has 0 spiro atoms. The van der Waals surface area contributed by atoms with E-state index >= 15 is 0 Å². The molecule has 3 heterocycles. The number of nitrogens with zero attached hydrogens (tertiary/aromatic N) is 6. The van der Waals surface area contributed by atoms with Gasteiger partial charge >= 0.3 is 0 Å². The summed E-state index contributed by atoms with van der Waals surface area (Å²) in [6.07, 6.45) is 1.86. The van der Waals surface area contributed by atoms with Gasteiger partial charge in [0.25, 0.3) is 0 Å². The van der Waals surface area contributed by atoms with Crippen molar-refractivity contribution in [3.8, 4) is 11.4 Å². The predicted molar refractivity (Wildman–Crippen MR) is 128 cm³/mol. The predicted octanol–water partition coefficient (Wildman–Crippen LogP) is 4.20. The zero-order valence-corrected chi connectivity index (χ0v) is 18.4. The van der Waals surface area contributed by atoms with Gasteiger partial charge in [-0.05, 0) is 31.2 Å². The molecule has 6 aromatic rings. The van der Waals surface area contributed by atoms with Crippen LogP contribution in [0.3, 0.4) is 0 Å². The summed E-state index contributed by atoms with van der Waals surface area (Å²) in [7, 11) is 0. The van der Waals surface area contributed by atoms with Crippen molar-refractivity contribution in [1.29, 1.82) is 0 Å². The maximum Gasteiger partial charge on any atom is 0.248 e. The van der Waals surface area contributed by atoms with E-state index in [4.69, 9.17) is 4.52 Å². The topological polar surface area (TPSA) is 91.6 Å². The van der Waals surface area contributed by atoms with Gasteiger partial charge in [0.05, 0.1) is 23.8 Å². The molecule has 0 radical (unpaired) electrons. The van der Waals surface area contributed by atoms with Crippen molar-refractivity contribution in [2.24, 2.45) is 0 Å². The molecule has 0 aliphatic rings. The molecule has 0 atom stereocenters. The summed E-state index contributed by atoms with van der Waals surface area (Å²) >= 11 is 0. The second-order valence-corrected chi connectivity index (χ2v) is 8.23. The van der Waals surface area contributed by atoms with Crippen LogP contribution in [0.1, 0.15) is 17.1 Å². The minimum Gasteiger partial charge on any atom is -0.337 e. The van der Waals surface area contributed by atoms with E-state index in [1.54, 1.807) is 4.68 Å². The van der Waals surface area contributed by atoms with Crippen molar-refractivity contribution >= 4 is 21.8 Å². The van der Waals surface area contributed by atoms with Gasteiger partial charge in [-0.3, -0.25) is 4.79 Å². The first-order valence-electron chi connectivity index (χ1n) is 10.9. The monoisotopic (exact) mass is 448 g/mol. The lowest BCUT2D eigenvalue weighted by Gasteiger charge is -2.13. The van der Waals surface area contributed by atoms with E-state index in [1.165, 1.54) is 5.56 Å². The number of benzene rings is 3. The molecule has 0 unspecified atom stereocenters. The first-order chi connectivity index (χ1) is 16.7. The Labute approximate surface area is 194 Å². The molecule has 0 fully saturated rings. The summed E-state index contributed by atoms with van der Waals surface area (Å²) in [5.41, 5.74) is 4.59. The minimum absolute atomic E-state index is 0.0341. The number of para-hydroxylation sites is 2. The van der Waals surface area contributed by atoms with Crippen LogP contribution in [0.4, 0.5) is 0 Å². The van der Waals surface area contributed by atoms with Crippen molar-refractivity contribution in [2.45, 2.75) is 20.0 Å². The molecule has 0 aliphatic heterocycles. The second-order valence-electron chi connectivity index (χ2n) is 8.23. The van der Waals surface area contributed by atoms with Crippen molar-refractivity contribution in [2.75, 3.05) is 0 Å². The quantitative estimate of drug-likeness (QED) is 0.367. The number of hydrogen-bond acceptors (Lipinski definition) is 6. The molecule has 0 aliphatic carbocycles. The maximum atomic E-state index is 13.0. The first-order valence-corrected chi connectivity index (χ1v) is 10.9. The van der Waals surface area contributed by atoms with Gasteiger partial charge in [0.15, 0.2) is 5.43 Å². The highest BCUT2D eigenvalue weighted by atomic mass is 16.5. The largest absolute Gasteiger partial charge is 0.337 e. The second kappa shape index (κ2) is 8.08. The molecule has 0 saturated heterocycles. The Kier molecular flexibility index (Phi) is 4.76. The van der Waals surface area contributed by atoms with Crippen LogP contribution in [-0.2, 0) is 13.1 Å². The van der Waals surface area contributed by atoms with Crippen LogP contribution in [0.2, 0.25) is 0 Å². The molecular formula is C26H20N6O2. The third-order valence-corrected chi connectivity index (χ3v) is 5.86. The lowest BCUT2D eigenvalue weighted by Crippen LogP contribution is -2.12. The van der Waals surface area contributed by atoms with Gasteiger partial charge in [-0.15, -0.1) is 5.10 Å². The number of hydrogen-bond donors (Lipinski definition) is 0. The summed E-state index contributed by atoms with van der Waals surface area (Å²) in [4.78, 5) is 17.4. The summed E-state index contributed by atoms with van der Waals surface area (Å²) in [5, 5.41) is 14.0. The molecule has 8 heteroatoms. The third kappa shape index (κ3) is 3.55. The van der Waals surface area contributed by atoms with E-state index in [0.717, 1.165) is 22.3 Å². The molecule has 34 heavy (non-hydrogen) atoms. The summed E-state index contributed by atoms with van der Waals surface area (Å²) in [5.74, 6) is 0.993. The van der Waals surface area contributed by atoms with E-state index in [1.807, 2.05) is 85.9 Å². The molecule has 0 saturated carbocycles. The van der Waals surface area contributed by atoms with E-state index in [-0.39, 0.29) is 5.43 Å². The van der Waals surface area contributed by atoms with Crippen molar-refractivity contribution < 1.29 is 4.52 Å². The van der Waals surface area contributed by atoms with E-state index in [0.29, 0.717) is 35.6 Å². The van der Waals surface area contributed by atoms with Crippen molar-refractivity contribution in [3.05, 3.63) is 106 Å². The Bertz CT molecular complexity index is 1630. The Morgan fingerprint density at radius 2 is 1.53 bits per heavy atom. The highest BCUT2D eigenvalue weighted by molar-refractivity contribution is 5.93. The molecule has 166 valence electrons. The normalized spacial score (nSPS) is 11.4. The molecule has 6 rings (SSSR count). The van der Waals surface area contributed by atoms with Gasteiger partial charge in [-0.1, -0.05) is 64.5 Å². The van der Waals surface area contributed by atoms with Crippen LogP contribution in [0, 0.1) is 6.92 Å². The molecule has 0 amide bonds. The molecular weight excluding hydrogens is 428 g/mol. The first kappa shape index (κ1) is 20.0. The number of aromatic nitrogens is 6. The van der Waals surface area contributed by atoms with Crippen LogP contribution in [0.5, 0.6) is 0 Å². The maximum absolute atomic E-state index is 13.0. The molecule has 3 aromatic carbocycles. The summed E-state index contributed by atoms with van der Waals surface area (Å²) < 4.78 is 9.19. The van der Waals surface area contributed by atoms with Crippen LogP contribution in [0.15, 0.2) is 88.3 Å². The Morgan fingerprint density at radius 3 is 2.24 bits per heavy atom. The number of aryl methyl sites for hydroxylation is 1. The molecule has 8 nitrogen and oxygen atoms in total. The lowest BCUT2D eigenvalue weighted by atomic mass is 10.1. The zero-order valence-electron chi connectivity index (χ0n) is 18.4. The smallest absolute Gasteiger partial charge is 0.248 e. The Hall–Kier alpha value is -4.59. The summed E-state index contributed by atoms with van der Waals surface area (Å²) in [6, 6.07) is 23.2. The van der Waals surface area contributed by atoms with E-state index in [9.17, 15) is 4.79 Å². The van der Waals surface area contributed by atoms with Gasteiger partial charge in [0.1, 0.15) is 12.2 Å². The van der Waals surface area contributed by atoms with E-state index in [2.05, 4.69) is 25.0 Å². The van der Waals surface area contributed by atoms with Crippen molar-refractivity contribution in [3.63, 3.8) is 0 Å². The zero-order chi connectivity index (χ0) is 23.1. The lowest BCUT2D eigenvalue weighted by molar-refractivity contribution is 0.364. The van der Waals surface area contributed by atoms with Crippen LogP contribution < -0.4 is 5.43 Å². The molecule has 0 bridgehead atoms. The standard InChI is InChI=1S/C26H20N6O2/c1-17-10-12-18(13-11-17)26-27-24(34-29-26)16-31-14-19(28-30-31)15-32-22-8-4-2-6-20(22)25(33)21-7-3-5-9-23(21)32/h2-14H,15-16H2,1H3. The summed E-state index contributed by atoms with van der Waals surface area (Å²) in [6.45, 7) is 2.82. The van der Waals surface area contributed by atoms with Crippen molar-refractivity contribution in [1.82, 2.24) is 29.7 Å². The number of rotatable bonds is 5. The van der Waals surface area contributed by atoms with Gasteiger partial charge in [0, 0.05) is 16.3 Å². The Morgan fingerprint density at radius 1 is 0.853 bits per heavy atom. The fraction of sp³-hybridized carbons (Fsp3) is 0.115. The minimum atomic E-state index is 0.0341. The van der Waals surface area contributed by atoms with Crippen LogP contribution >= 0.6 is 0 Å². The van der Waals surface area contributed by atoms with Gasteiger partial charge < -0.3 is 9.09 Å². The highest BCUT2D eigenvalue weighted by Crippen LogP contribution is 2.20. The Balaban J connectivity index is 1.30. The number of pyridine rings is 1. The molecule has 3 aromatic heterocycles. The highest BCUT2D eigenvalue weighted by Gasteiger charge is 2.14.